The molecule has 0 rings (SSSR count). The standard InChI is InChI=1S/C8H18.2C2H4/c1-6(2)8(5)7(3)4;2*1-2/h6-8H,1-5H3;2*1-2H2. The van der Waals surface area contributed by atoms with E-state index in [4.69, 9.17) is 0 Å². The van der Waals surface area contributed by atoms with E-state index in [2.05, 4.69) is 60.9 Å². The van der Waals surface area contributed by atoms with Gasteiger partial charge in [-0.25, -0.2) is 0 Å². The lowest BCUT2D eigenvalue weighted by Crippen LogP contribution is -2.10. The Kier molecular flexibility index (Phi) is 19.1. The molecule has 0 fully saturated rings. The predicted molar refractivity (Wildman–Crippen MR) is 61.3 cm³/mol. The average Bonchev–Trinajstić information content (AvgIpc) is 2.10. The van der Waals surface area contributed by atoms with Gasteiger partial charge in [-0.3, -0.25) is 0 Å². The summed E-state index contributed by atoms with van der Waals surface area (Å²) in [7, 11) is 0. The van der Waals surface area contributed by atoms with Gasteiger partial charge in [0.25, 0.3) is 0 Å². The lowest BCUT2D eigenvalue weighted by molar-refractivity contribution is 0.316. The van der Waals surface area contributed by atoms with Gasteiger partial charge in [-0.1, -0.05) is 34.6 Å². The van der Waals surface area contributed by atoms with Crippen molar-refractivity contribution < 1.29 is 0 Å². The molecule has 0 aliphatic heterocycles. The molecule has 0 aromatic rings. The van der Waals surface area contributed by atoms with Gasteiger partial charge in [0.2, 0.25) is 0 Å². The fourth-order valence-corrected chi connectivity index (χ4v) is 0.770. The van der Waals surface area contributed by atoms with Crippen LogP contribution in [-0.4, -0.2) is 0 Å². The molecule has 0 bridgehead atoms. The van der Waals surface area contributed by atoms with Crippen LogP contribution in [0.5, 0.6) is 0 Å². The van der Waals surface area contributed by atoms with Gasteiger partial charge in [0.15, 0.2) is 0 Å². The Morgan fingerprint density at radius 2 is 0.750 bits per heavy atom. The second kappa shape index (κ2) is 13.1. The van der Waals surface area contributed by atoms with E-state index in [0.717, 1.165) is 17.8 Å². The first-order valence-electron chi connectivity index (χ1n) is 4.55. The van der Waals surface area contributed by atoms with Crippen molar-refractivity contribution in [1.82, 2.24) is 0 Å². The van der Waals surface area contributed by atoms with Crippen LogP contribution in [0.2, 0.25) is 0 Å². The zero-order valence-electron chi connectivity index (χ0n) is 9.56. The second-order valence-corrected chi connectivity index (χ2v) is 3.35. The van der Waals surface area contributed by atoms with Crippen LogP contribution in [0.1, 0.15) is 34.6 Å². The third-order valence-corrected chi connectivity index (χ3v) is 2.10. The third kappa shape index (κ3) is 12.2. The van der Waals surface area contributed by atoms with Crippen LogP contribution >= 0.6 is 0 Å². The Morgan fingerprint density at radius 3 is 0.750 bits per heavy atom. The summed E-state index contributed by atoms with van der Waals surface area (Å²) < 4.78 is 0. The molecule has 0 unspecified atom stereocenters. The Morgan fingerprint density at radius 1 is 0.583 bits per heavy atom. The van der Waals surface area contributed by atoms with Crippen LogP contribution in [0, 0.1) is 17.8 Å². The SMILES string of the molecule is C=C.C=C.CC(C)C(C)C(C)C. The van der Waals surface area contributed by atoms with Crippen LogP contribution in [0.25, 0.3) is 0 Å². The Labute approximate surface area is 79.4 Å². The minimum absolute atomic E-state index is 0.843. The summed E-state index contributed by atoms with van der Waals surface area (Å²) in [6, 6.07) is 0. The largest absolute Gasteiger partial charge is 0.106 e. The molecule has 0 saturated heterocycles. The fourth-order valence-electron chi connectivity index (χ4n) is 0.770. The summed E-state index contributed by atoms with van der Waals surface area (Å²) in [5, 5.41) is 0. The zero-order valence-corrected chi connectivity index (χ0v) is 9.56. The molecule has 0 spiro atoms. The molecule has 0 atom stereocenters. The van der Waals surface area contributed by atoms with Crippen molar-refractivity contribution in [3.05, 3.63) is 26.3 Å². The molecule has 0 N–H and O–H groups in total. The zero-order chi connectivity index (χ0) is 10.7. The van der Waals surface area contributed by atoms with E-state index < -0.39 is 0 Å². The number of hydrogen-bond donors (Lipinski definition) is 0. The Balaban J connectivity index is -0.000000175. The minimum atomic E-state index is 0.843. The van der Waals surface area contributed by atoms with Crippen LogP contribution < -0.4 is 0 Å². The van der Waals surface area contributed by atoms with Gasteiger partial charge in [-0.15, -0.1) is 26.3 Å². The maximum Gasteiger partial charge on any atom is -0.0396 e. The quantitative estimate of drug-likeness (QED) is 0.534. The molecular formula is C12H26. The normalized spacial score (nSPS) is 8.67. The van der Waals surface area contributed by atoms with E-state index in [9.17, 15) is 0 Å². The highest BCUT2D eigenvalue weighted by atomic mass is 14.2. The molecule has 12 heavy (non-hydrogen) atoms. The van der Waals surface area contributed by atoms with Gasteiger partial charge in [-0.05, 0) is 17.8 Å². The smallest absolute Gasteiger partial charge is 0.0396 e. The van der Waals surface area contributed by atoms with Crippen LogP contribution in [-0.2, 0) is 0 Å². The van der Waals surface area contributed by atoms with Gasteiger partial charge in [0, 0.05) is 0 Å². The maximum atomic E-state index is 3.00. The first kappa shape index (κ1) is 17.5. The minimum Gasteiger partial charge on any atom is -0.106 e. The van der Waals surface area contributed by atoms with E-state index in [1.807, 2.05) is 0 Å². The summed E-state index contributed by atoms with van der Waals surface area (Å²) >= 11 is 0. The maximum absolute atomic E-state index is 3.00. The lowest BCUT2D eigenvalue weighted by Gasteiger charge is -2.18. The lowest BCUT2D eigenvalue weighted by atomic mass is 9.88. The fraction of sp³-hybridized carbons (Fsp3) is 0.667. The molecular weight excluding hydrogens is 144 g/mol. The molecule has 0 radical (unpaired) electrons. The van der Waals surface area contributed by atoms with Crippen molar-refractivity contribution in [3.8, 4) is 0 Å². The summed E-state index contributed by atoms with van der Waals surface area (Å²) in [6.07, 6.45) is 0. The summed E-state index contributed by atoms with van der Waals surface area (Å²) in [6.45, 7) is 23.4. The highest BCUT2D eigenvalue weighted by Crippen LogP contribution is 2.18. The van der Waals surface area contributed by atoms with Crippen molar-refractivity contribution in [1.29, 1.82) is 0 Å². The molecule has 0 aliphatic carbocycles. The Bertz CT molecular complexity index is 62.1. The molecule has 74 valence electrons. The highest BCUT2D eigenvalue weighted by molar-refractivity contribution is 4.59. The Hall–Kier alpha value is -0.520. The summed E-state index contributed by atoms with van der Waals surface area (Å²) in [4.78, 5) is 0. The average molecular weight is 170 g/mol. The van der Waals surface area contributed by atoms with Crippen LogP contribution in [0.4, 0.5) is 0 Å². The van der Waals surface area contributed by atoms with Gasteiger partial charge in [0.1, 0.15) is 0 Å². The molecule has 0 aliphatic rings. The molecule has 0 aromatic carbocycles. The second-order valence-electron chi connectivity index (χ2n) is 3.35. The van der Waals surface area contributed by atoms with Gasteiger partial charge >= 0.3 is 0 Å². The van der Waals surface area contributed by atoms with Gasteiger partial charge in [-0.2, -0.15) is 0 Å². The van der Waals surface area contributed by atoms with Crippen molar-refractivity contribution >= 4 is 0 Å². The molecule has 0 heteroatoms. The van der Waals surface area contributed by atoms with Gasteiger partial charge < -0.3 is 0 Å². The predicted octanol–water partition coefficient (Wildman–Crippen LogP) is 4.54. The number of hydrogen-bond acceptors (Lipinski definition) is 0. The highest BCUT2D eigenvalue weighted by Gasteiger charge is 2.09. The van der Waals surface area contributed by atoms with Crippen molar-refractivity contribution in [2.45, 2.75) is 34.6 Å². The first-order valence-corrected chi connectivity index (χ1v) is 4.55. The van der Waals surface area contributed by atoms with Crippen molar-refractivity contribution in [3.63, 3.8) is 0 Å². The van der Waals surface area contributed by atoms with Gasteiger partial charge in [0.05, 0.1) is 0 Å². The molecule has 0 saturated carbocycles. The van der Waals surface area contributed by atoms with E-state index in [1.54, 1.807) is 0 Å². The summed E-state index contributed by atoms with van der Waals surface area (Å²) in [5.41, 5.74) is 0. The van der Waals surface area contributed by atoms with Crippen LogP contribution in [0.15, 0.2) is 26.3 Å². The van der Waals surface area contributed by atoms with E-state index in [-0.39, 0.29) is 0 Å². The van der Waals surface area contributed by atoms with E-state index in [1.165, 1.54) is 0 Å². The monoisotopic (exact) mass is 170 g/mol. The van der Waals surface area contributed by atoms with Crippen molar-refractivity contribution in [2.75, 3.05) is 0 Å². The topological polar surface area (TPSA) is 0 Å². The summed E-state index contributed by atoms with van der Waals surface area (Å²) in [5.74, 6) is 2.56. The molecule has 0 heterocycles. The molecule has 0 aromatic heterocycles. The molecule has 0 nitrogen and oxygen atoms in total. The number of rotatable bonds is 2. The molecule has 0 amide bonds. The van der Waals surface area contributed by atoms with Crippen LogP contribution in [0.3, 0.4) is 0 Å². The van der Waals surface area contributed by atoms with Crippen molar-refractivity contribution in [2.24, 2.45) is 17.8 Å². The van der Waals surface area contributed by atoms with E-state index >= 15 is 0 Å². The van der Waals surface area contributed by atoms with E-state index in [0.29, 0.717) is 0 Å². The first-order chi connectivity index (χ1) is 5.55. The third-order valence-electron chi connectivity index (χ3n) is 2.10.